The molecule has 0 saturated heterocycles. The van der Waals surface area contributed by atoms with E-state index in [4.69, 9.17) is 4.74 Å². The van der Waals surface area contributed by atoms with E-state index in [9.17, 15) is 0 Å². The van der Waals surface area contributed by atoms with E-state index in [1.165, 1.54) is 5.56 Å². The van der Waals surface area contributed by atoms with Crippen LogP contribution in [-0.2, 0) is 0 Å². The Morgan fingerprint density at radius 1 is 1.45 bits per heavy atom. The van der Waals surface area contributed by atoms with Crippen LogP contribution in [0, 0.1) is 6.92 Å². The molecule has 0 unspecified atom stereocenters. The van der Waals surface area contributed by atoms with E-state index in [2.05, 4.69) is 9.76 Å². The molecule has 0 amide bonds. The Morgan fingerprint density at radius 3 is 2.82 bits per heavy atom. The van der Waals surface area contributed by atoms with Crippen LogP contribution >= 0.6 is 0 Å². The minimum absolute atomic E-state index is 0.663. The van der Waals surface area contributed by atoms with E-state index in [0.717, 1.165) is 12.0 Å². The Labute approximate surface area is 72.8 Å². The standard InChI is InChI=1S/C8H9OSi2/c1-7-4-2-3-5-8(7)9-6-11-10/h2-5H,6H2,1H3. The van der Waals surface area contributed by atoms with Crippen molar-refractivity contribution in [3.8, 4) is 5.75 Å². The van der Waals surface area contributed by atoms with Gasteiger partial charge in [0.15, 0.2) is 0 Å². The zero-order valence-electron chi connectivity index (χ0n) is 6.42. The molecule has 0 atom stereocenters. The normalized spacial score (nSPS) is 9.64. The summed E-state index contributed by atoms with van der Waals surface area (Å²) in [6.45, 7) is 2.05. The number of rotatable bonds is 3. The van der Waals surface area contributed by atoms with Crippen molar-refractivity contribution in [2.45, 2.75) is 6.92 Å². The van der Waals surface area contributed by atoms with E-state index < -0.39 is 0 Å². The molecule has 0 fully saturated rings. The predicted molar refractivity (Wildman–Crippen MR) is 48.2 cm³/mol. The summed E-state index contributed by atoms with van der Waals surface area (Å²) in [6.07, 6.45) is 0.752. The lowest BCUT2D eigenvalue weighted by Gasteiger charge is -2.05. The zero-order chi connectivity index (χ0) is 8.10. The fraction of sp³-hybridized carbons (Fsp3) is 0.250. The van der Waals surface area contributed by atoms with E-state index in [1.54, 1.807) is 0 Å². The molecular formula is C8H9OSi2. The van der Waals surface area contributed by atoms with Crippen molar-refractivity contribution in [2.24, 2.45) is 0 Å². The van der Waals surface area contributed by atoms with Crippen molar-refractivity contribution in [3.63, 3.8) is 0 Å². The molecule has 1 rings (SSSR count). The summed E-state index contributed by atoms with van der Waals surface area (Å²) in [4.78, 5) is 0. The fourth-order valence-corrected chi connectivity index (χ4v) is 1.28. The van der Waals surface area contributed by atoms with Crippen molar-refractivity contribution in [3.05, 3.63) is 29.8 Å². The second kappa shape index (κ2) is 4.36. The summed E-state index contributed by atoms with van der Waals surface area (Å²) >= 11 is 0. The monoisotopic (exact) mass is 177 g/mol. The van der Waals surface area contributed by atoms with Gasteiger partial charge < -0.3 is 4.74 Å². The second-order valence-corrected chi connectivity index (χ2v) is 3.93. The van der Waals surface area contributed by atoms with Gasteiger partial charge >= 0.3 is 0 Å². The molecule has 0 aliphatic heterocycles. The van der Waals surface area contributed by atoms with Gasteiger partial charge in [-0.25, -0.2) is 0 Å². The highest BCUT2D eigenvalue weighted by Gasteiger charge is 1.94. The number of para-hydroxylation sites is 1. The first-order chi connectivity index (χ1) is 5.34. The maximum absolute atomic E-state index is 5.45. The first-order valence-electron chi connectivity index (χ1n) is 3.42. The molecule has 0 N–H and O–H groups in total. The maximum atomic E-state index is 5.45. The van der Waals surface area contributed by atoms with Crippen molar-refractivity contribution >= 4 is 18.8 Å². The predicted octanol–water partition coefficient (Wildman–Crippen LogP) is 1.12. The zero-order valence-corrected chi connectivity index (χ0v) is 8.42. The smallest absolute Gasteiger partial charge is 0.121 e. The second-order valence-electron chi connectivity index (χ2n) is 2.23. The van der Waals surface area contributed by atoms with Crippen LogP contribution in [0.1, 0.15) is 5.56 Å². The number of hydrogen-bond donors (Lipinski definition) is 0. The summed E-state index contributed by atoms with van der Waals surface area (Å²) in [5, 5.41) is 0. The topological polar surface area (TPSA) is 9.23 Å². The largest absolute Gasteiger partial charge is 0.498 e. The quantitative estimate of drug-likeness (QED) is 0.629. The summed E-state index contributed by atoms with van der Waals surface area (Å²) < 4.78 is 5.45. The van der Waals surface area contributed by atoms with Crippen LogP contribution in [-0.4, -0.2) is 25.0 Å². The van der Waals surface area contributed by atoms with Gasteiger partial charge in [0.05, 0.1) is 15.3 Å². The Kier molecular flexibility index (Phi) is 3.39. The first-order valence-corrected chi connectivity index (χ1v) is 6.13. The minimum atomic E-state index is 0.663. The summed E-state index contributed by atoms with van der Waals surface area (Å²) in [5.41, 5.74) is 1.19. The van der Waals surface area contributed by atoms with Crippen LogP contribution in [0.4, 0.5) is 0 Å². The Balaban J connectivity index is 2.62. The van der Waals surface area contributed by atoms with Gasteiger partial charge in [0.2, 0.25) is 0 Å². The van der Waals surface area contributed by atoms with Crippen LogP contribution in [0.3, 0.4) is 0 Å². The SMILES string of the molecule is Cc1ccccc1OC[Si][Si]. The van der Waals surface area contributed by atoms with Crippen LogP contribution in [0.15, 0.2) is 24.3 Å². The Hall–Kier alpha value is -0.546. The van der Waals surface area contributed by atoms with Crippen LogP contribution in [0.25, 0.3) is 0 Å². The van der Waals surface area contributed by atoms with Gasteiger partial charge in [-0.3, -0.25) is 0 Å². The highest BCUT2D eigenvalue weighted by atomic mass is 29.1. The lowest BCUT2D eigenvalue weighted by atomic mass is 10.2. The molecule has 1 aromatic carbocycles. The molecule has 11 heavy (non-hydrogen) atoms. The van der Waals surface area contributed by atoms with Gasteiger partial charge in [0, 0.05) is 9.76 Å². The lowest BCUT2D eigenvalue weighted by Crippen LogP contribution is -2.06. The molecule has 1 aromatic rings. The first kappa shape index (κ1) is 8.55. The van der Waals surface area contributed by atoms with Crippen molar-refractivity contribution < 1.29 is 4.74 Å². The molecule has 0 saturated carbocycles. The Bertz CT molecular complexity index is 225. The average molecular weight is 177 g/mol. The molecule has 3 heteroatoms. The third-order valence-electron chi connectivity index (χ3n) is 1.39. The van der Waals surface area contributed by atoms with E-state index in [1.807, 2.05) is 31.2 Å². The van der Waals surface area contributed by atoms with Crippen molar-refractivity contribution in [1.29, 1.82) is 0 Å². The maximum Gasteiger partial charge on any atom is 0.121 e. The summed E-state index contributed by atoms with van der Waals surface area (Å²) in [5.74, 6) is 0.984. The third kappa shape index (κ3) is 2.51. The molecule has 5 radical (unpaired) electrons. The fourth-order valence-electron chi connectivity index (χ4n) is 0.832. The highest BCUT2D eigenvalue weighted by Crippen LogP contribution is 2.15. The average Bonchev–Trinajstić information content (AvgIpc) is 2.03. The molecule has 1 nitrogen and oxygen atoms in total. The summed E-state index contributed by atoms with van der Waals surface area (Å²) in [7, 11) is 4.04. The van der Waals surface area contributed by atoms with Gasteiger partial charge in [0.1, 0.15) is 5.75 Å². The lowest BCUT2D eigenvalue weighted by molar-refractivity contribution is 0.383. The van der Waals surface area contributed by atoms with Crippen LogP contribution < -0.4 is 4.74 Å². The molecule has 0 bridgehead atoms. The number of benzene rings is 1. The molecule has 0 heterocycles. The molecule has 0 aliphatic rings. The Morgan fingerprint density at radius 2 is 2.18 bits per heavy atom. The molecule has 55 valence electrons. The number of ether oxygens (including phenoxy) is 1. The van der Waals surface area contributed by atoms with Gasteiger partial charge in [-0.15, -0.1) is 0 Å². The highest BCUT2D eigenvalue weighted by molar-refractivity contribution is 6.89. The number of hydrogen-bond acceptors (Lipinski definition) is 1. The van der Waals surface area contributed by atoms with Gasteiger partial charge in [-0.2, -0.15) is 0 Å². The molecule has 0 aromatic heterocycles. The number of aryl methyl sites for hydroxylation is 1. The van der Waals surface area contributed by atoms with Gasteiger partial charge in [-0.05, 0) is 18.6 Å². The summed E-state index contributed by atoms with van der Waals surface area (Å²) in [6, 6.07) is 8.03. The molecule has 0 aliphatic carbocycles. The minimum Gasteiger partial charge on any atom is -0.498 e. The molecular weight excluding hydrogens is 168 g/mol. The van der Waals surface area contributed by atoms with E-state index in [0.29, 0.717) is 9.04 Å². The van der Waals surface area contributed by atoms with Crippen LogP contribution in [0.2, 0.25) is 0 Å². The van der Waals surface area contributed by atoms with Crippen molar-refractivity contribution in [2.75, 3.05) is 6.23 Å². The van der Waals surface area contributed by atoms with Gasteiger partial charge in [0.25, 0.3) is 0 Å². The van der Waals surface area contributed by atoms with E-state index >= 15 is 0 Å². The third-order valence-corrected chi connectivity index (χ3v) is 2.12. The van der Waals surface area contributed by atoms with E-state index in [-0.39, 0.29) is 0 Å². The molecule has 0 spiro atoms. The van der Waals surface area contributed by atoms with Crippen molar-refractivity contribution in [1.82, 2.24) is 0 Å². The van der Waals surface area contributed by atoms with Gasteiger partial charge in [-0.1, -0.05) is 18.2 Å². The van der Waals surface area contributed by atoms with Crippen LogP contribution in [0.5, 0.6) is 5.75 Å².